The van der Waals surface area contributed by atoms with E-state index in [2.05, 4.69) is 26.2 Å². The molecule has 1 N–H and O–H groups in total. The minimum Gasteiger partial charge on any atom is -0.310 e. The molecular formula is C10H11BrN2OS. The highest BCUT2D eigenvalue weighted by Gasteiger charge is 2.23. The Morgan fingerprint density at radius 3 is 3.20 bits per heavy atom. The molecule has 1 unspecified atom stereocenters. The molecule has 1 aliphatic heterocycles. The fourth-order valence-electron chi connectivity index (χ4n) is 1.46. The molecule has 80 valence electrons. The first-order valence-corrected chi connectivity index (χ1v) is 6.64. The number of aromatic nitrogens is 1. The quantitative estimate of drug-likeness (QED) is 0.909. The highest BCUT2D eigenvalue weighted by Crippen LogP contribution is 2.27. The summed E-state index contributed by atoms with van der Waals surface area (Å²) in [7, 11) is 0. The molecule has 0 bridgehead atoms. The van der Waals surface area contributed by atoms with Crippen LogP contribution < -0.4 is 5.32 Å². The number of nitrogens with zero attached hydrogens (tertiary/aromatic N) is 1. The van der Waals surface area contributed by atoms with Gasteiger partial charge in [-0.15, -0.1) is 11.8 Å². The van der Waals surface area contributed by atoms with Crippen molar-refractivity contribution in [3.63, 3.8) is 0 Å². The van der Waals surface area contributed by atoms with Crippen LogP contribution in [0.5, 0.6) is 0 Å². The third-order valence-electron chi connectivity index (χ3n) is 2.20. The van der Waals surface area contributed by atoms with Crippen molar-refractivity contribution in [3.05, 3.63) is 22.8 Å². The summed E-state index contributed by atoms with van der Waals surface area (Å²) in [5.74, 6) is 1.77. The van der Waals surface area contributed by atoms with E-state index in [1.807, 2.05) is 6.07 Å². The average molecular weight is 287 g/mol. The van der Waals surface area contributed by atoms with Crippen LogP contribution in [0.1, 0.15) is 12.8 Å². The van der Waals surface area contributed by atoms with Gasteiger partial charge in [0.2, 0.25) is 5.91 Å². The Kier molecular flexibility index (Phi) is 3.64. The molecule has 1 aromatic rings. The van der Waals surface area contributed by atoms with Crippen molar-refractivity contribution in [2.75, 3.05) is 11.1 Å². The lowest BCUT2D eigenvalue weighted by atomic mass is 10.2. The maximum atomic E-state index is 11.7. The molecule has 1 amide bonds. The third kappa shape index (κ3) is 2.95. The zero-order valence-electron chi connectivity index (χ0n) is 8.07. The SMILES string of the molecule is O=C(Nc1cc(Br)ccn1)C1CCCS1. The summed E-state index contributed by atoms with van der Waals surface area (Å²) < 4.78 is 0.923. The van der Waals surface area contributed by atoms with Gasteiger partial charge in [0.05, 0.1) is 5.25 Å². The van der Waals surface area contributed by atoms with Gasteiger partial charge in [-0.25, -0.2) is 4.98 Å². The topological polar surface area (TPSA) is 42.0 Å². The van der Waals surface area contributed by atoms with Crippen LogP contribution in [-0.4, -0.2) is 21.9 Å². The molecule has 1 saturated heterocycles. The first-order valence-electron chi connectivity index (χ1n) is 4.80. The second-order valence-corrected chi connectivity index (χ2v) is 5.58. The number of rotatable bonds is 2. The number of thioether (sulfide) groups is 1. The van der Waals surface area contributed by atoms with Crippen LogP contribution in [0.15, 0.2) is 22.8 Å². The lowest BCUT2D eigenvalue weighted by molar-refractivity contribution is -0.115. The molecule has 0 saturated carbocycles. The number of nitrogens with one attached hydrogen (secondary N) is 1. The van der Waals surface area contributed by atoms with E-state index in [9.17, 15) is 4.79 Å². The van der Waals surface area contributed by atoms with Gasteiger partial charge in [-0.2, -0.15) is 0 Å². The van der Waals surface area contributed by atoms with E-state index in [1.165, 1.54) is 0 Å². The Morgan fingerprint density at radius 2 is 2.53 bits per heavy atom. The highest BCUT2D eigenvalue weighted by atomic mass is 79.9. The summed E-state index contributed by atoms with van der Waals surface area (Å²) in [6.07, 6.45) is 3.78. The van der Waals surface area contributed by atoms with Crippen LogP contribution in [0.4, 0.5) is 5.82 Å². The van der Waals surface area contributed by atoms with Gasteiger partial charge in [0.1, 0.15) is 5.82 Å². The number of hydrogen-bond donors (Lipinski definition) is 1. The number of hydrogen-bond acceptors (Lipinski definition) is 3. The summed E-state index contributed by atoms with van der Waals surface area (Å²) in [6, 6.07) is 3.64. The van der Waals surface area contributed by atoms with Crippen LogP contribution in [-0.2, 0) is 4.79 Å². The van der Waals surface area contributed by atoms with Gasteiger partial charge in [0, 0.05) is 10.7 Å². The van der Waals surface area contributed by atoms with Gasteiger partial charge < -0.3 is 5.32 Å². The lowest BCUT2D eigenvalue weighted by Gasteiger charge is -2.08. The molecule has 0 aliphatic carbocycles. The second-order valence-electron chi connectivity index (χ2n) is 3.35. The van der Waals surface area contributed by atoms with Gasteiger partial charge in [-0.1, -0.05) is 15.9 Å². The van der Waals surface area contributed by atoms with Gasteiger partial charge in [-0.05, 0) is 30.7 Å². The Bertz CT molecular complexity index is 366. The summed E-state index contributed by atoms with van der Waals surface area (Å²) in [5.41, 5.74) is 0. The Hall–Kier alpha value is -0.550. The van der Waals surface area contributed by atoms with Crippen LogP contribution in [0.25, 0.3) is 0 Å². The van der Waals surface area contributed by atoms with E-state index in [4.69, 9.17) is 0 Å². The molecule has 15 heavy (non-hydrogen) atoms. The van der Waals surface area contributed by atoms with Crippen molar-refractivity contribution in [1.29, 1.82) is 0 Å². The second kappa shape index (κ2) is 4.99. The molecule has 0 spiro atoms. The van der Waals surface area contributed by atoms with Crippen molar-refractivity contribution in [1.82, 2.24) is 4.98 Å². The molecule has 2 heterocycles. The number of anilines is 1. The maximum absolute atomic E-state index is 11.7. The molecule has 1 atom stereocenters. The van der Waals surface area contributed by atoms with Crippen LogP contribution in [0, 0.1) is 0 Å². The Labute approximate surface area is 101 Å². The minimum atomic E-state index is 0.0723. The van der Waals surface area contributed by atoms with Gasteiger partial charge in [-0.3, -0.25) is 4.79 Å². The zero-order valence-corrected chi connectivity index (χ0v) is 10.5. The molecule has 0 aromatic carbocycles. The number of amides is 1. The number of halogens is 1. The van der Waals surface area contributed by atoms with Gasteiger partial charge in [0.15, 0.2) is 0 Å². The van der Waals surface area contributed by atoms with E-state index in [1.54, 1.807) is 24.0 Å². The van der Waals surface area contributed by atoms with Crippen molar-refractivity contribution < 1.29 is 4.79 Å². The number of pyridine rings is 1. The molecule has 5 heteroatoms. The molecule has 3 nitrogen and oxygen atoms in total. The van der Waals surface area contributed by atoms with Gasteiger partial charge in [0.25, 0.3) is 0 Å². The van der Waals surface area contributed by atoms with E-state index in [0.29, 0.717) is 5.82 Å². The first kappa shape index (κ1) is 11.0. The number of carbonyl (C=O) groups excluding carboxylic acids is 1. The maximum Gasteiger partial charge on any atom is 0.238 e. The molecule has 1 aromatic heterocycles. The summed E-state index contributed by atoms with van der Waals surface area (Å²) >= 11 is 5.06. The fourth-order valence-corrected chi connectivity index (χ4v) is 2.96. The smallest absolute Gasteiger partial charge is 0.238 e. The van der Waals surface area contributed by atoms with Gasteiger partial charge >= 0.3 is 0 Å². The monoisotopic (exact) mass is 286 g/mol. The molecule has 1 aliphatic rings. The summed E-state index contributed by atoms with van der Waals surface area (Å²) in [5, 5.41) is 2.93. The minimum absolute atomic E-state index is 0.0723. The third-order valence-corrected chi connectivity index (χ3v) is 4.07. The molecule has 1 fully saturated rings. The molecule has 2 rings (SSSR count). The van der Waals surface area contributed by atoms with E-state index >= 15 is 0 Å². The van der Waals surface area contributed by atoms with Crippen LogP contribution in [0.2, 0.25) is 0 Å². The molecular weight excluding hydrogens is 276 g/mol. The summed E-state index contributed by atoms with van der Waals surface area (Å²) in [6.45, 7) is 0. The van der Waals surface area contributed by atoms with E-state index in [0.717, 1.165) is 23.1 Å². The highest BCUT2D eigenvalue weighted by molar-refractivity contribution is 9.10. The van der Waals surface area contributed by atoms with Crippen molar-refractivity contribution in [2.45, 2.75) is 18.1 Å². The predicted molar refractivity (Wildman–Crippen MR) is 66.0 cm³/mol. The normalized spacial score (nSPS) is 20.2. The van der Waals surface area contributed by atoms with Crippen molar-refractivity contribution >= 4 is 39.4 Å². The lowest BCUT2D eigenvalue weighted by Crippen LogP contribution is -2.23. The summed E-state index contributed by atoms with van der Waals surface area (Å²) in [4.78, 5) is 15.8. The predicted octanol–water partition coefficient (Wildman–Crippen LogP) is 2.68. The van der Waals surface area contributed by atoms with Crippen molar-refractivity contribution in [2.24, 2.45) is 0 Å². The van der Waals surface area contributed by atoms with Crippen LogP contribution >= 0.6 is 27.7 Å². The molecule has 0 radical (unpaired) electrons. The standard InChI is InChI=1S/C10H11BrN2OS/c11-7-3-4-12-9(6-7)13-10(14)8-2-1-5-15-8/h3-4,6,8H,1-2,5H2,(H,12,13,14). The Balaban J connectivity index is 1.99. The largest absolute Gasteiger partial charge is 0.310 e. The van der Waals surface area contributed by atoms with E-state index in [-0.39, 0.29) is 11.2 Å². The van der Waals surface area contributed by atoms with E-state index < -0.39 is 0 Å². The fraction of sp³-hybridized carbons (Fsp3) is 0.400. The first-order chi connectivity index (χ1) is 7.25. The van der Waals surface area contributed by atoms with Crippen LogP contribution in [0.3, 0.4) is 0 Å². The van der Waals surface area contributed by atoms with Crippen molar-refractivity contribution in [3.8, 4) is 0 Å². The number of carbonyl (C=O) groups is 1. The average Bonchev–Trinajstić information content (AvgIpc) is 2.70. The zero-order chi connectivity index (χ0) is 10.7. The Morgan fingerprint density at radius 1 is 1.67 bits per heavy atom.